The van der Waals surface area contributed by atoms with Crippen LogP contribution in [0.3, 0.4) is 0 Å². The number of hydrogen-bond donors (Lipinski definition) is 2. The SMILES string of the molecule is Cl.NCc1ccc(Nc2ccccn2)cc1. The van der Waals surface area contributed by atoms with Gasteiger partial charge in [-0.3, -0.25) is 0 Å². The summed E-state index contributed by atoms with van der Waals surface area (Å²) in [6.45, 7) is 0.573. The van der Waals surface area contributed by atoms with Crippen LogP contribution in [0.2, 0.25) is 0 Å². The standard InChI is InChI=1S/C12H13N3.ClH/c13-9-10-4-6-11(7-5-10)15-12-3-1-2-8-14-12;/h1-8H,9,13H2,(H,14,15);1H. The highest BCUT2D eigenvalue weighted by molar-refractivity contribution is 5.85. The van der Waals surface area contributed by atoms with Crippen LogP contribution in [0.15, 0.2) is 48.7 Å². The van der Waals surface area contributed by atoms with Crippen LogP contribution in [-0.2, 0) is 6.54 Å². The van der Waals surface area contributed by atoms with Crippen LogP contribution in [0, 0.1) is 0 Å². The summed E-state index contributed by atoms with van der Waals surface area (Å²) in [4.78, 5) is 4.18. The summed E-state index contributed by atoms with van der Waals surface area (Å²) < 4.78 is 0. The Morgan fingerprint density at radius 2 is 1.81 bits per heavy atom. The molecule has 0 saturated heterocycles. The average Bonchev–Trinajstić information content (AvgIpc) is 2.31. The number of halogens is 1. The van der Waals surface area contributed by atoms with Gasteiger partial charge < -0.3 is 11.1 Å². The van der Waals surface area contributed by atoms with Crippen LogP contribution in [0.1, 0.15) is 5.56 Å². The summed E-state index contributed by atoms with van der Waals surface area (Å²) in [5, 5.41) is 3.20. The number of hydrogen-bond acceptors (Lipinski definition) is 3. The van der Waals surface area contributed by atoms with Gasteiger partial charge in [-0.1, -0.05) is 18.2 Å². The Morgan fingerprint density at radius 1 is 1.06 bits per heavy atom. The van der Waals surface area contributed by atoms with E-state index in [1.165, 1.54) is 0 Å². The van der Waals surface area contributed by atoms with Crippen molar-refractivity contribution in [1.82, 2.24) is 4.98 Å². The van der Waals surface area contributed by atoms with Crippen LogP contribution >= 0.6 is 12.4 Å². The fourth-order valence-corrected chi connectivity index (χ4v) is 1.31. The minimum Gasteiger partial charge on any atom is -0.340 e. The average molecular weight is 236 g/mol. The van der Waals surface area contributed by atoms with Crippen molar-refractivity contribution in [2.24, 2.45) is 5.73 Å². The summed E-state index contributed by atoms with van der Waals surface area (Å²) in [5.41, 5.74) is 7.67. The largest absolute Gasteiger partial charge is 0.340 e. The summed E-state index contributed by atoms with van der Waals surface area (Å²) in [6.07, 6.45) is 1.76. The van der Waals surface area contributed by atoms with Gasteiger partial charge in [0.1, 0.15) is 5.82 Å². The number of anilines is 2. The zero-order chi connectivity index (χ0) is 10.5. The van der Waals surface area contributed by atoms with E-state index in [1.54, 1.807) is 6.20 Å². The van der Waals surface area contributed by atoms with Gasteiger partial charge >= 0.3 is 0 Å². The second-order valence-electron chi connectivity index (χ2n) is 3.24. The first kappa shape index (κ1) is 12.5. The number of benzene rings is 1. The molecular weight excluding hydrogens is 222 g/mol. The zero-order valence-corrected chi connectivity index (χ0v) is 9.58. The molecule has 0 atom stereocenters. The Kier molecular flexibility index (Phi) is 4.76. The van der Waals surface area contributed by atoms with Gasteiger partial charge in [0.05, 0.1) is 0 Å². The van der Waals surface area contributed by atoms with Gasteiger partial charge in [-0.25, -0.2) is 4.98 Å². The third-order valence-electron chi connectivity index (χ3n) is 2.13. The van der Waals surface area contributed by atoms with Crippen molar-refractivity contribution < 1.29 is 0 Å². The molecule has 2 aromatic rings. The van der Waals surface area contributed by atoms with Crippen LogP contribution in [0.5, 0.6) is 0 Å². The minimum absolute atomic E-state index is 0. The first-order valence-electron chi connectivity index (χ1n) is 4.85. The summed E-state index contributed by atoms with van der Waals surface area (Å²) in [5.74, 6) is 0.845. The van der Waals surface area contributed by atoms with Crippen molar-refractivity contribution in [3.8, 4) is 0 Å². The second-order valence-corrected chi connectivity index (χ2v) is 3.24. The monoisotopic (exact) mass is 235 g/mol. The number of nitrogens with one attached hydrogen (secondary N) is 1. The molecule has 2 rings (SSSR count). The Labute approximate surface area is 101 Å². The van der Waals surface area contributed by atoms with Crippen molar-refractivity contribution in [2.75, 3.05) is 5.32 Å². The van der Waals surface area contributed by atoms with E-state index in [9.17, 15) is 0 Å². The van der Waals surface area contributed by atoms with Gasteiger partial charge in [0.2, 0.25) is 0 Å². The molecular formula is C12H14ClN3. The normalized spacial score (nSPS) is 9.31. The Hall–Kier alpha value is -1.58. The number of aromatic nitrogens is 1. The highest BCUT2D eigenvalue weighted by atomic mass is 35.5. The Bertz CT molecular complexity index is 414. The highest BCUT2D eigenvalue weighted by Crippen LogP contribution is 2.14. The lowest BCUT2D eigenvalue weighted by atomic mass is 10.2. The van der Waals surface area contributed by atoms with Gasteiger partial charge in [-0.2, -0.15) is 0 Å². The van der Waals surface area contributed by atoms with E-state index in [4.69, 9.17) is 5.73 Å². The van der Waals surface area contributed by atoms with Gasteiger partial charge in [0.25, 0.3) is 0 Å². The van der Waals surface area contributed by atoms with E-state index in [0.29, 0.717) is 6.54 Å². The van der Waals surface area contributed by atoms with Crippen LogP contribution in [0.25, 0.3) is 0 Å². The minimum atomic E-state index is 0. The topological polar surface area (TPSA) is 50.9 Å². The molecule has 0 aliphatic carbocycles. The molecule has 0 aliphatic heterocycles. The predicted molar refractivity (Wildman–Crippen MR) is 69.1 cm³/mol. The van der Waals surface area contributed by atoms with E-state index in [0.717, 1.165) is 17.1 Å². The van der Waals surface area contributed by atoms with Crippen LogP contribution < -0.4 is 11.1 Å². The molecule has 0 fully saturated rings. The van der Waals surface area contributed by atoms with Crippen LogP contribution in [-0.4, -0.2) is 4.98 Å². The molecule has 0 unspecified atom stereocenters. The molecule has 0 aliphatic rings. The van der Waals surface area contributed by atoms with Crippen molar-refractivity contribution in [3.63, 3.8) is 0 Å². The fraction of sp³-hybridized carbons (Fsp3) is 0.0833. The molecule has 3 N–H and O–H groups in total. The molecule has 1 heterocycles. The van der Waals surface area contributed by atoms with Crippen molar-refractivity contribution in [1.29, 1.82) is 0 Å². The van der Waals surface area contributed by atoms with E-state index in [1.807, 2.05) is 42.5 Å². The molecule has 4 heteroatoms. The van der Waals surface area contributed by atoms with Gasteiger partial charge in [0.15, 0.2) is 0 Å². The molecule has 0 radical (unpaired) electrons. The van der Waals surface area contributed by atoms with E-state index in [2.05, 4.69) is 10.3 Å². The maximum Gasteiger partial charge on any atom is 0.130 e. The third-order valence-corrected chi connectivity index (χ3v) is 2.13. The zero-order valence-electron chi connectivity index (χ0n) is 8.76. The number of nitrogens with zero attached hydrogens (tertiary/aromatic N) is 1. The number of pyridine rings is 1. The van der Waals surface area contributed by atoms with Crippen molar-refractivity contribution in [3.05, 3.63) is 54.2 Å². The van der Waals surface area contributed by atoms with Gasteiger partial charge in [0, 0.05) is 18.4 Å². The van der Waals surface area contributed by atoms with Crippen molar-refractivity contribution >= 4 is 23.9 Å². The number of nitrogens with two attached hydrogens (primary N) is 1. The molecule has 0 amide bonds. The quantitative estimate of drug-likeness (QED) is 0.860. The maximum absolute atomic E-state index is 5.52. The van der Waals surface area contributed by atoms with E-state index in [-0.39, 0.29) is 12.4 Å². The predicted octanol–water partition coefficient (Wildman–Crippen LogP) is 2.71. The summed E-state index contributed by atoms with van der Waals surface area (Å²) >= 11 is 0. The smallest absolute Gasteiger partial charge is 0.130 e. The summed E-state index contributed by atoms with van der Waals surface area (Å²) in [7, 11) is 0. The molecule has 0 saturated carbocycles. The maximum atomic E-state index is 5.52. The first-order valence-corrected chi connectivity index (χ1v) is 4.85. The Morgan fingerprint density at radius 3 is 2.38 bits per heavy atom. The first-order chi connectivity index (χ1) is 7.38. The molecule has 0 spiro atoms. The second kappa shape index (κ2) is 6.10. The molecule has 0 bridgehead atoms. The van der Waals surface area contributed by atoms with Gasteiger partial charge in [-0.05, 0) is 29.8 Å². The van der Waals surface area contributed by atoms with Gasteiger partial charge in [-0.15, -0.1) is 12.4 Å². The molecule has 1 aromatic carbocycles. The lowest BCUT2D eigenvalue weighted by Crippen LogP contribution is -1.97. The van der Waals surface area contributed by atoms with E-state index >= 15 is 0 Å². The van der Waals surface area contributed by atoms with Crippen molar-refractivity contribution in [2.45, 2.75) is 6.54 Å². The fourth-order valence-electron chi connectivity index (χ4n) is 1.31. The lowest BCUT2D eigenvalue weighted by Gasteiger charge is -2.05. The molecule has 3 nitrogen and oxygen atoms in total. The number of rotatable bonds is 3. The Balaban J connectivity index is 0.00000128. The summed E-state index contributed by atoms with van der Waals surface area (Å²) in [6, 6.07) is 13.8. The highest BCUT2D eigenvalue weighted by Gasteiger charge is 1.94. The third kappa shape index (κ3) is 3.22. The molecule has 16 heavy (non-hydrogen) atoms. The molecule has 1 aromatic heterocycles. The molecule has 84 valence electrons. The lowest BCUT2D eigenvalue weighted by molar-refractivity contribution is 1.07. The van der Waals surface area contributed by atoms with Crippen LogP contribution in [0.4, 0.5) is 11.5 Å². The van der Waals surface area contributed by atoms with E-state index < -0.39 is 0 Å².